The van der Waals surface area contributed by atoms with Gasteiger partial charge in [-0.25, -0.2) is 0 Å². The van der Waals surface area contributed by atoms with Gasteiger partial charge in [0.05, 0.1) is 0 Å². The van der Waals surface area contributed by atoms with Crippen LogP contribution in [0.4, 0.5) is 14.5 Å². The summed E-state index contributed by atoms with van der Waals surface area (Å²) in [6.07, 6.45) is -3.60. The van der Waals surface area contributed by atoms with E-state index in [9.17, 15) is 8.78 Å². The molecule has 1 aliphatic rings. The molecule has 0 fully saturated rings. The maximum Gasteiger partial charge on any atom is 0.586 e. The first kappa shape index (κ1) is 16.6. The molecule has 3 nitrogen and oxygen atoms in total. The van der Waals surface area contributed by atoms with Gasteiger partial charge in [-0.2, -0.15) is 0 Å². The van der Waals surface area contributed by atoms with E-state index in [2.05, 4.69) is 37.2 Å². The summed E-state index contributed by atoms with van der Waals surface area (Å²) >= 11 is 0. The van der Waals surface area contributed by atoms with E-state index >= 15 is 0 Å². The zero-order valence-corrected chi connectivity index (χ0v) is 14.2. The molecule has 3 rings (SSSR count). The number of anilines is 1. The Morgan fingerprint density at radius 1 is 0.833 bits per heavy atom. The highest BCUT2D eigenvalue weighted by Crippen LogP contribution is 2.44. The van der Waals surface area contributed by atoms with Crippen molar-refractivity contribution in [3.8, 4) is 22.6 Å². The van der Waals surface area contributed by atoms with E-state index in [1.807, 2.05) is 12.1 Å². The molecular weight excluding hydrogens is 312 g/mol. The van der Waals surface area contributed by atoms with Crippen LogP contribution in [0.1, 0.15) is 50.7 Å². The number of rotatable bonds is 3. The first-order valence-electron chi connectivity index (χ1n) is 8.01. The molecule has 0 radical (unpaired) electrons. The second-order valence-corrected chi connectivity index (χ2v) is 6.71. The monoisotopic (exact) mass is 333 g/mol. The summed E-state index contributed by atoms with van der Waals surface area (Å²) in [6, 6.07) is 8.87. The second kappa shape index (κ2) is 5.65. The van der Waals surface area contributed by atoms with Crippen LogP contribution in [-0.4, -0.2) is 6.29 Å². The zero-order valence-electron chi connectivity index (χ0n) is 14.2. The smallest absolute Gasteiger partial charge is 0.398 e. The van der Waals surface area contributed by atoms with Crippen molar-refractivity contribution in [2.24, 2.45) is 0 Å². The van der Waals surface area contributed by atoms with Crippen molar-refractivity contribution in [3.05, 3.63) is 41.5 Å². The lowest BCUT2D eigenvalue weighted by Crippen LogP contribution is -2.25. The second-order valence-electron chi connectivity index (χ2n) is 6.71. The third-order valence-corrected chi connectivity index (χ3v) is 4.22. The van der Waals surface area contributed by atoms with E-state index in [1.54, 1.807) is 12.1 Å². The molecule has 0 bridgehead atoms. The molecule has 5 heteroatoms. The zero-order chi connectivity index (χ0) is 17.6. The molecule has 0 aliphatic carbocycles. The Morgan fingerprint density at radius 3 is 1.92 bits per heavy atom. The summed E-state index contributed by atoms with van der Waals surface area (Å²) < 4.78 is 35.4. The molecule has 1 heterocycles. The fourth-order valence-electron chi connectivity index (χ4n) is 2.95. The van der Waals surface area contributed by atoms with Crippen LogP contribution in [-0.2, 0) is 0 Å². The third-order valence-electron chi connectivity index (χ3n) is 4.22. The normalized spacial score (nSPS) is 15.3. The van der Waals surface area contributed by atoms with E-state index in [4.69, 9.17) is 5.73 Å². The number of benzene rings is 2. The summed E-state index contributed by atoms with van der Waals surface area (Å²) in [7, 11) is 0. The van der Waals surface area contributed by atoms with Crippen LogP contribution >= 0.6 is 0 Å². The SMILES string of the molecule is CC(C)c1cc(-c2ccc3c(c2)OC(F)(F)O3)cc(C(C)C)c1N. The van der Waals surface area contributed by atoms with Crippen LogP contribution < -0.4 is 15.2 Å². The first-order chi connectivity index (χ1) is 11.2. The number of ether oxygens (including phenoxy) is 2. The molecule has 128 valence electrons. The molecule has 0 atom stereocenters. The predicted molar refractivity (Wildman–Crippen MR) is 90.7 cm³/mol. The molecule has 0 amide bonds. The minimum absolute atomic E-state index is 0.0477. The van der Waals surface area contributed by atoms with Gasteiger partial charge in [-0.3, -0.25) is 0 Å². The maximum atomic E-state index is 13.2. The van der Waals surface area contributed by atoms with Crippen molar-refractivity contribution in [1.82, 2.24) is 0 Å². The Kier molecular flexibility index (Phi) is 3.90. The van der Waals surface area contributed by atoms with Gasteiger partial charge in [0.2, 0.25) is 0 Å². The van der Waals surface area contributed by atoms with Crippen molar-refractivity contribution < 1.29 is 18.3 Å². The average molecular weight is 333 g/mol. The average Bonchev–Trinajstić information content (AvgIpc) is 2.79. The van der Waals surface area contributed by atoms with Gasteiger partial charge in [0, 0.05) is 5.69 Å². The molecule has 0 spiro atoms. The van der Waals surface area contributed by atoms with Crippen LogP contribution in [0.5, 0.6) is 11.5 Å². The Hall–Kier alpha value is -2.30. The van der Waals surface area contributed by atoms with E-state index in [-0.39, 0.29) is 23.3 Å². The predicted octanol–water partition coefficient (Wildman–Crippen LogP) is 5.50. The van der Waals surface area contributed by atoms with Crippen LogP contribution in [0.15, 0.2) is 30.3 Å². The molecule has 0 saturated heterocycles. The van der Waals surface area contributed by atoms with Gasteiger partial charge in [-0.1, -0.05) is 33.8 Å². The van der Waals surface area contributed by atoms with Gasteiger partial charge < -0.3 is 15.2 Å². The number of hydrogen-bond donors (Lipinski definition) is 1. The molecule has 0 saturated carbocycles. The van der Waals surface area contributed by atoms with E-state index < -0.39 is 6.29 Å². The highest BCUT2D eigenvalue weighted by molar-refractivity contribution is 5.73. The Balaban J connectivity index is 2.11. The number of fused-ring (bicyclic) bond motifs is 1. The van der Waals surface area contributed by atoms with Crippen molar-refractivity contribution in [2.75, 3.05) is 5.73 Å². The molecule has 2 aromatic carbocycles. The van der Waals surface area contributed by atoms with Crippen molar-refractivity contribution in [1.29, 1.82) is 0 Å². The van der Waals surface area contributed by atoms with Gasteiger partial charge >= 0.3 is 6.29 Å². The lowest BCUT2D eigenvalue weighted by Gasteiger charge is -2.19. The number of hydrogen-bond acceptors (Lipinski definition) is 3. The van der Waals surface area contributed by atoms with Gasteiger partial charge in [0.25, 0.3) is 0 Å². The van der Waals surface area contributed by atoms with E-state index in [1.165, 1.54) is 6.07 Å². The van der Waals surface area contributed by atoms with E-state index in [0.29, 0.717) is 0 Å². The van der Waals surface area contributed by atoms with Gasteiger partial charge in [0.15, 0.2) is 11.5 Å². The van der Waals surface area contributed by atoms with Gasteiger partial charge in [-0.05, 0) is 58.4 Å². The molecule has 2 aromatic rings. The summed E-state index contributed by atoms with van der Waals surface area (Å²) in [5.41, 5.74) is 10.9. The molecular formula is C19H21F2NO2. The van der Waals surface area contributed by atoms with Crippen LogP contribution in [0.3, 0.4) is 0 Å². The largest absolute Gasteiger partial charge is 0.586 e. The maximum absolute atomic E-state index is 13.2. The van der Waals surface area contributed by atoms with E-state index in [0.717, 1.165) is 27.9 Å². The summed E-state index contributed by atoms with van der Waals surface area (Å²) in [4.78, 5) is 0. The minimum atomic E-state index is -3.60. The van der Waals surface area contributed by atoms with Crippen molar-refractivity contribution in [2.45, 2.75) is 45.8 Å². The van der Waals surface area contributed by atoms with Crippen LogP contribution in [0.2, 0.25) is 0 Å². The van der Waals surface area contributed by atoms with Gasteiger partial charge in [0.1, 0.15) is 0 Å². The summed E-state index contributed by atoms with van der Waals surface area (Å²) in [6.45, 7) is 8.33. The molecule has 2 N–H and O–H groups in total. The molecule has 1 aliphatic heterocycles. The highest BCUT2D eigenvalue weighted by atomic mass is 19.3. The number of alkyl halides is 2. The van der Waals surface area contributed by atoms with Crippen LogP contribution in [0.25, 0.3) is 11.1 Å². The summed E-state index contributed by atoms with van der Waals surface area (Å²) in [5.74, 6) is 0.625. The third kappa shape index (κ3) is 2.90. The number of nitrogens with two attached hydrogens (primary N) is 1. The summed E-state index contributed by atoms with van der Waals surface area (Å²) in [5, 5.41) is 0. The highest BCUT2D eigenvalue weighted by Gasteiger charge is 2.43. The quantitative estimate of drug-likeness (QED) is 0.754. The first-order valence-corrected chi connectivity index (χ1v) is 8.01. The Labute approximate surface area is 140 Å². The fraction of sp³-hybridized carbons (Fsp3) is 0.368. The number of halogens is 2. The number of nitrogen functional groups attached to an aromatic ring is 1. The molecule has 24 heavy (non-hydrogen) atoms. The molecule has 0 unspecified atom stereocenters. The Bertz CT molecular complexity index is 756. The Morgan fingerprint density at radius 2 is 1.38 bits per heavy atom. The van der Waals surface area contributed by atoms with Crippen LogP contribution in [0, 0.1) is 0 Å². The lowest BCUT2D eigenvalue weighted by atomic mass is 9.88. The van der Waals surface area contributed by atoms with Crippen molar-refractivity contribution >= 4 is 5.69 Å². The van der Waals surface area contributed by atoms with Crippen molar-refractivity contribution in [3.63, 3.8) is 0 Å². The topological polar surface area (TPSA) is 44.5 Å². The standard InChI is InChI=1S/C19H21F2NO2/c1-10(2)14-7-13(8-15(11(3)4)18(14)22)12-5-6-16-17(9-12)24-19(20,21)23-16/h5-11H,22H2,1-4H3. The minimum Gasteiger partial charge on any atom is -0.398 e. The lowest BCUT2D eigenvalue weighted by molar-refractivity contribution is -0.286. The van der Waals surface area contributed by atoms with Gasteiger partial charge in [-0.15, -0.1) is 8.78 Å². The fourth-order valence-corrected chi connectivity index (χ4v) is 2.95. The molecule has 0 aromatic heterocycles.